The van der Waals surface area contributed by atoms with E-state index in [0.29, 0.717) is 22.5 Å². The monoisotopic (exact) mass is 315 g/mol. The molecule has 0 atom stereocenters. The second kappa shape index (κ2) is 5.63. The summed E-state index contributed by atoms with van der Waals surface area (Å²) in [5.41, 5.74) is 2.04. The molecule has 2 rings (SSSR count). The van der Waals surface area contributed by atoms with Crippen molar-refractivity contribution in [3.05, 3.63) is 57.8 Å². The zero-order valence-electron chi connectivity index (χ0n) is 10.1. The summed E-state index contributed by atoms with van der Waals surface area (Å²) in [6, 6.07) is 10.6. The number of nitrogens with one attached hydrogen (secondary N) is 1. The average Bonchev–Trinajstić information content (AvgIpc) is 2.41. The van der Waals surface area contributed by atoms with Crippen molar-refractivity contribution >= 4 is 27.5 Å². The number of aryl methyl sites for hydroxylation is 1. The fourth-order valence-electron chi connectivity index (χ4n) is 1.63. The molecule has 1 aromatic carbocycles. The Labute approximate surface area is 119 Å². The molecule has 0 aliphatic heterocycles. The molecule has 19 heavy (non-hydrogen) atoms. The Morgan fingerprint density at radius 1 is 1.42 bits per heavy atom. The molecule has 0 spiro atoms. The van der Waals surface area contributed by atoms with Crippen LogP contribution in [0.3, 0.4) is 0 Å². The van der Waals surface area contributed by atoms with Crippen molar-refractivity contribution in [2.45, 2.75) is 6.92 Å². The molecule has 1 N–H and O–H groups in total. The average molecular weight is 316 g/mol. The van der Waals surface area contributed by atoms with Gasteiger partial charge in [0.05, 0.1) is 16.8 Å². The summed E-state index contributed by atoms with van der Waals surface area (Å²) in [7, 11) is 0. The number of anilines is 1. The molecule has 0 fully saturated rings. The third-order valence-electron chi connectivity index (χ3n) is 2.60. The van der Waals surface area contributed by atoms with Crippen molar-refractivity contribution in [3.8, 4) is 6.07 Å². The lowest BCUT2D eigenvalue weighted by Crippen LogP contribution is -2.14. The van der Waals surface area contributed by atoms with Gasteiger partial charge in [-0.2, -0.15) is 5.26 Å². The van der Waals surface area contributed by atoms with E-state index in [2.05, 4.69) is 26.2 Å². The van der Waals surface area contributed by atoms with Crippen LogP contribution in [0.1, 0.15) is 21.6 Å². The second-order valence-electron chi connectivity index (χ2n) is 3.89. The molecule has 2 aromatic rings. The Balaban J connectivity index is 2.30. The van der Waals surface area contributed by atoms with Crippen LogP contribution in [0.15, 0.2) is 41.0 Å². The van der Waals surface area contributed by atoms with E-state index in [9.17, 15) is 4.79 Å². The van der Waals surface area contributed by atoms with Crippen LogP contribution in [0.4, 0.5) is 5.69 Å². The number of carbonyl (C=O) groups excluding carboxylic acids is 1. The Bertz CT molecular complexity index is 677. The highest BCUT2D eigenvalue weighted by molar-refractivity contribution is 9.10. The van der Waals surface area contributed by atoms with Gasteiger partial charge in [0, 0.05) is 16.4 Å². The lowest BCUT2D eigenvalue weighted by Gasteiger charge is -2.08. The number of nitrogens with zero attached hydrogens (tertiary/aromatic N) is 2. The largest absolute Gasteiger partial charge is 0.321 e. The molecule has 1 heterocycles. The number of aromatic nitrogens is 1. The molecule has 94 valence electrons. The van der Waals surface area contributed by atoms with Gasteiger partial charge >= 0.3 is 0 Å². The maximum absolute atomic E-state index is 12.1. The first kappa shape index (κ1) is 13.2. The van der Waals surface area contributed by atoms with E-state index in [1.165, 1.54) is 0 Å². The quantitative estimate of drug-likeness (QED) is 0.924. The summed E-state index contributed by atoms with van der Waals surface area (Å²) in [6.45, 7) is 1.77. The van der Waals surface area contributed by atoms with Crippen LogP contribution in [-0.4, -0.2) is 10.9 Å². The number of hydrogen-bond acceptors (Lipinski definition) is 3. The first-order valence-corrected chi connectivity index (χ1v) is 6.33. The Morgan fingerprint density at radius 2 is 2.21 bits per heavy atom. The van der Waals surface area contributed by atoms with Gasteiger partial charge in [-0.15, -0.1) is 0 Å². The molecule has 0 saturated carbocycles. The standard InChI is InChI=1S/C14H10BrN3O/c1-9-12(3-2-6-17-9)14(19)18-13-5-4-11(15)7-10(13)8-16/h2-7H,1H3,(H,18,19). The number of halogens is 1. The van der Waals surface area contributed by atoms with E-state index in [4.69, 9.17) is 5.26 Å². The van der Waals surface area contributed by atoms with E-state index in [0.717, 1.165) is 4.47 Å². The predicted molar refractivity (Wildman–Crippen MR) is 75.8 cm³/mol. The van der Waals surface area contributed by atoms with Gasteiger partial charge in [-0.3, -0.25) is 9.78 Å². The third-order valence-corrected chi connectivity index (χ3v) is 3.10. The number of amides is 1. The molecular formula is C14H10BrN3O. The maximum atomic E-state index is 12.1. The minimum absolute atomic E-state index is 0.274. The number of hydrogen-bond donors (Lipinski definition) is 1. The van der Waals surface area contributed by atoms with Crippen molar-refractivity contribution in [1.29, 1.82) is 5.26 Å². The Hall–Kier alpha value is -2.19. The molecule has 5 heteroatoms. The van der Waals surface area contributed by atoms with Crippen LogP contribution in [0, 0.1) is 18.3 Å². The van der Waals surface area contributed by atoms with E-state index in [1.54, 1.807) is 43.5 Å². The van der Waals surface area contributed by atoms with Gasteiger partial charge in [-0.25, -0.2) is 0 Å². The number of nitriles is 1. The van der Waals surface area contributed by atoms with Crippen molar-refractivity contribution in [2.24, 2.45) is 0 Å². The molecule has 0 unspecified atom stereocenters. The molecule has 1 amide bonds. The molecule has 0 aliphatic carbocycles. The third kappa shape index (κ3) is 2.98. The van der Waals surface area contributed by atoms with Gasteiger partial charge < -0.3 is 5.32 Å². The number of rotatable bonds is 2. The number of carbonyl (C=O) groups is 1. The summed E-state index contributed by atoms with van der Waals surface area (Å²) >= 11 is 3.29. The normalized spacial score (nSPS) is 9.74. The predicted octanol–water partition coefficient (Wildman–Crippen LogP) is 3.28. The molecule has 0 bridgehead atoms. The van der Waals surface area contributed by atoms with Gasteiger partial charge in [0.2, 0.25) is 0 Å². The second-order valence-corrected chi connectivity index (χ2v) is 4.81. The SMILES string of the molecule is Cc1ncccc1C(=O)Nc1ccc(Br)cc1C#N. The summed E-state index contributed by atoms with van der Waals surface area (Å²) in [4.78, 5) is 16.2. The van der Waals surface area contributed by atoms with Crippen molar-refractivity contribution in [2.75, 3.05) is 5.32 Å². The first-order chi connectivity index (χ1) is 9.11. The molecule has 0 aliphatic rings. The topological polar surface area (TPSA) is 65.8 Å². The molecule has 1 aromatic heterocycles. The van der Waals surface area contributed by atoms with Gasteiger partial charge in [-0.1, -0.05) is 15.9 Å². The van der Waals surface area contributed by atoms with Gasteiger partial charge in [0.25, 0.3) is 5.91 Å². The maximum Gasteiger partial charge on any atom is 0.257 e. The van der Waals surface area contributed by atoms with E-state index in [1.807, 2.05) is 6.07 Å². The highest BCUT2D eigenvalue weighted by atomic mass is 79.9. The Morgan fingerprint density at radius 3 is 2.89 bits per heavy atom. The van der Waals surface area contributed by atoms with Crippen molar-refractivity contribution < 1.29 is 4.79 Å². The van der Waals surface area contributed by atoms with Gasteiger partial charge in [0.15, 0.2) is 0 Å². The first-order valence-electron chi connectivity index (χ1n) is 5.54. The van der Waals surface area contributed by atoms with Crippen LogP contribution in [-0.2, 0) is 0 Å². The van der Waals surface area contributed by atoms with E-state index in [-0.39, 0.29) is 5.91 Å². The van der Waals surface area contributed by atoms with Crippen molar-refractivity contribution in [3.63, 3.8) is 0 Å². The lowest BCUT2D eigenvalue weighted by atomic mass is 10.1. The minimum atomic E-state index is -0.274. The van der Waals surface area contributed by atoms with Crippen LogP contribution in [0.25, 0.3) is 0 Å². The van der Waals surface area contributed by atoms with Gasteiger partial charge in [-0.05, 0) is 37.3 Å². The smallest absolute Gasteiger partial charge is 0.257 e. The van der Waals surface area contributed by atoms with Crippen LogP contribution in [0.2, 0.25) is 0 Å². The fraction of sp³-hybridized carbons (Fsp3) is 0.0714. The minimum Gasteiger partial charge on any atom is -0.321 e. The van der Waals surface area contributed by atoms with E-state index >= 15 is 0 Å². The zero-order valence-corrected chi connectivity index (χ0v) is 11.7. The highest BCUT2D eigenvalue weighted by Crippen LogP contribution is 2.21. The number of pyridine rings is 1. The van der Waals surface area contributed by atoms with Crippen LogP contribution < -0.4 is 5.32 Å². The number of benzene rings is 1. The summed E-state index contributed by atoms with van der Waals surface area (Å²) in [5.74, 6) is -0.274. The van der Waals surface area contributed by atoms with Gasteiger partial charge in [0.1, 0.15) is 6.07 Å². The molecule has 0 radical (unpaired) electrons. The molecule has 4 nitrogen and oxygen atoms in total. The zero-order chi connectivity index (χ0) is 13.8. The lowest BCUT2D eigenvalue weighted by molar-refractivity contribution is 0.102. The Kier molecular flexibility index (Phi) is 3.93. The van der Waals surface area contributed by atoms with Crippen molar-refractivity contribution in [1.82, 2.24) is 4.98 Å². The van der Waals surface area contributed by atoms with Crippen LogP contribution in [0.5, 0.6) is 0 Å². The summed E-state index contributed by atoms with van der Waals surface area (Å²) in [6.07, 6.45) is 1.63. The van der Waals surface area contributed by atoms with Crippen LogP contribution >= 0.6 is 15.9 Å². The highest BCUT2D eigenvalue weighted by Gasteiger charge is 2.11. The molecule has 0 saturated heterocycles. The summed E-state index contributed by atoms with van der Waals surface area (Å²) < 4.78 is 0.791. The van der Waals surface area contributed by atoms with E-state index < -0.39 is 0 Å². The molecular weight excluding hydrogens is 306 g/mol. The fourth-order valence-corrected chi connectivity index (χ4v) is 1.99. The summed E-state index contributed by atoms with van der Waals surface area (Å²) in [5, 5.41) is 11.8.